The van der Waals surface area contributed by atoms with Crippen LogP contribution in [0.3, 0.4) is 0 Å². The third kappa shape index (κ3) is 3.72. The molecule has 1 heteroatoms. The predicted molar refractivity (Wildman–Crippen MR) is 183 cm³/mol. The molecule has 0 saturated heterocycles. The van der Waals surface area contributed by atoms with E-state index < -0.39 is 66.5 Å². The molecule has 0 saturated carbocycles. The van der Waals surface area contributed by atoms with Gasteiger partial charge in [-0.1, -0.05) is 139 Å². The first-order chi connectivity index (χ1) is 25.9. The van der Waals surface area contributed by atoms with Gasteiger partial charge in [0.1, 0.15) is 11.2 Å². The van der Waals surface area contributed by atoms with E-state index in [0.29, 0.717) is 16.3 Å². The van der Waals surface area contributed by atoms with Gasteiger partial charge in [-0.05, 0) is 83.9 Å². The molecule has 8 aromatic carbocycles. The Balaban J connectivity index is 1.37. The molecule has 0 amide bonds. The summed E-state index contributed by atoms with van der Waals surface area (Å²) in [7, 11) is 0. The third-order valence-corrected chi connectivity index (χ3v) is 8.03. The summed E-state index contributed by atoms with van der Waals surface area (Å²) in [6.07, 6.45) is 0. The molecular weight excluding hydrogens is 520 g/mol. The molecule has 0 unspecified atom stereocenters. The minimum Gasteiger partial charge on any atom is -0.456 e. The molecule has 1 nitrogen and oxygen atoms in total. The van der Waals surface area contributed by atoms with Gasteiger partial charge in [-0.3, -0.25) is 0 Å². The lowest BCUT2D eigenvalue weighted by atomic mass is 9.85. The molecule has 0 bridgehead atoms. The molecule has 0 aliphatic rings. The Labute approximate surface area is 264 Å². The smallest absolute Gasteiger partial charge is 0.135 e. The van der Waals surface area contributed by atoms with E-state index in [1.54, 1.807) is 0 Å². The highest BCUT2D eigenvalue weighted by atomic mass is 16.3. The number of hydrogen-bond acceptors (Lipinski definition) is 1. The zero-order valence-corrected chi connectivity index (χ0v) is 22.6. The van der Waals surface area contributed by atoms with Crippen LogP contribution in [0.15, 0.2) is 162 Å². The second-order valence-electron chi connectivity index (χ2n) is 10.4. The van der Waals surface area contributed by atoms with Gasteiger partial charge >= 0.3 is 0 Å². The van der Waals surface area contributed by atoms with E-state index in [1.165, 1.54) is 0 Å². The van der Waals surface area contributed by atoms with E-state index in [4.69, 9.17) is 14.0 Å². The zero-order valence-electron chi connectivity index (χ0n) is 33.6. The monoisotopic (exact) mass is 557 g/mol. The molecule has 0 fully saturated rings. The number of hydrogen-bond donors (Lipinski definition) is 0. The Morgan fingerprint density at radius 1 is 0.395 bits per heavy atom. The van der Waals surface area contributed by atoms with Crippen LogP contribution in [-0.4, -0.2) is 0 Å². The molecular formula is C42H26O. The van der Waals surface area contributed by atoms with Gasteiger partial charge in [-0.2, -0.15) is 0 Å². The molecule has 43 heavy (non-hydrogen) atoms. The van der Waals surface area contributed by atoms with Crippen LogP contribution in [0.4, 0.5) is 0 Å². The molecule has 9 aromatic rings. The summed E-state index contributed by atoms with van der Waals surface area (Å²) in [5, 5.41) is 4.32. The van der Waals surface area contributed by atoms with E-state index >= 15 is 0 Å². The first-order valence-corrected chi connectivity index (χ1v) is 13.9. The fourth-order valence-corrected chi connectivity index (χ4v) is 6.15. The average molecular weight is 558 g/mol. The minimum atomic E-state index is -0.655. The van der Waals surface area contributed by atoms with E-state index in [0.717, 1.165) is 43.8 Å². The quantitative estimate of drug-likeness (QED) is 0.197. The van der Waals surface area contributed by atoms with Crippen LogP contribution >= 0.6 is 0 Å². The topological polar surface area (TPSA) is 13.1 Å². The van der Waals surface area contributed by atoms with E-state index in [2.05, 4.69) is 6.07 Å². The molecule has 0 spiro atoms. The van der Waals surface area contributed by atoms with E-state index in [1.807, 2.05) is 84.9 Å². The van der Waals surface area contributed by atoms with Crippen LogP contribution in [0.5, 0.6) is 0 Å². The number of benzene rings is 8. The lowest BCUT2D eigenvalue weighted by Crippen LogP contribution is -1.91. The maximum Gasteiger partial charge on any atom is 0.135 e. The summed E-state index contributed by atoms with van der Waals surface area (Å²) in [5.41, 5.74) is 3.13. The lowest BCUT2D eigenvalue weighted by Gasteiger charge is -2.18. The number of fused-ring (bicyclic) bond motifs is 6. The van der Waals surface area contributed by atoms with Gasteiger partial charge < -0.3 is 4.42 Å². The van der Waals surface area contributed by atoms with Gasteiger partial charge in [-0.15, -0.1) is 0 Å². The number of furan rings is 1. The highest BCUT2D eigenvalue weighted by molar-refractivity contribution is 6.22. The fraction of sp³-hybridized carbons (Fsp3) is 0. The second-order valence-corrected chi connectivity index (χ2v) is 10.4. The van der Waals surface area contributed by atoms with Crippen molar-refractivity contribution >= 4 is 54.3 Å². The molecule has 0 aliphatic heterocycles. The van der Waals surface area contributed by atoms with Crippen LogP contribution in [0.2, 0.25) is 0 Å². The third-order valence-electron chi connectivity index (χ3n) is 8.03. The standard InChI is InChI=1S/C42H26O/c1-2-12-31-27(10-1)11-9-18-32(31)28-20-22-29(23-21-28)41-34-14-3-5-16-36(34)42(37-17-6-4-15-35(37)41)30-24-25-40-38(26-30)33-13-7-8-19-39(33)43-40/h1-26H/i1D,2D,9D,10D,11D,12D,18D,20D,21D,22D,23D. The van der Waals surface area contributed by atoms with Gasteiger partial charge in [0.2, 0.25) is 0 Å². The Morgan fingerprint density at radius 2 is 0.953 bits per heavy atom. The second kappa shape index (κ2) is 9.44. The van der Waals surface area contributed by atoms with Crippen molar-refractivity contribution in [2.75, 3.05) is 0 Å². The molecule has 1 aromatic heterocycles. The molecule has 0 atom stereocenters. The van der Waals surface area contributed by atoms with Gasteiger partial charge in [-0.25, -0.2) is 0 Å². The Morgan fingerprint density at radius 3 is 1.67 bits per heavy atom. The highest BCUT2D eigenvalue weighted by Gasteiger charge is 2.18. The Hall–Kier alpha value is -5.66. The lowest BCUT2D eigenvalue weighted by molar-refractivity contribution is 0.669. The molecule has 9 rings (SSSR count). The van der Waals surface area contributed by atoms with Crippen LogP contribution < -0.4 is 0 Å². The van der Waals surface area contributed by atoms with Gasteiger partial charge in [0.15, 0.2) is 0 Å². The Kier molecular flexibility index (Phi) is 3.41. The first-order valence-electron chi connectivity index (χ1n) is 19.4. The van der Waals surface area contributed by atoms with Gasteiger partial charge in [0.05, 0.1) is 15.1 Å². The molecule has 200 valence electrons. The van der Waals surface area contributed by atoms with Gasteiger partial charge in [0.25, 0.3) is 0 Å². The van der Waals surface area contributed by atoms with Crippen LogP contribution in [0.25, 0.3) is 87.6 Å². The van der Waals surface area contributed by atoms with Crippen LogP contribution in [0.1, 0.15) is 15.1 Å². The molecule has 0 aliphatic carbocycles. The summed E-state index contributed by atoms with van der Waals surface area (Å²) in [6, 6.07) is 22.9. The zero-order chi connectivity index (χ0) is 37.9. The van der Waals surface area contributed by atoms with Crippen molar-refractivity contribution in [1.29, 1.82) is 0 Å². The van der Waals surface area contributed by atoms with Crippen molar-refractivity contribution in [3.63, 3.8) is 0 Å². The summed E-state index contributed by atoms with van der Waals surface area (Å²) >= 11 is 0. The average Bonchev–Trinajstić information content (AvgIpc) is 3.56. The van der Waals surface area contributed by atoms with Crippen LogP contribution in [-0.2, 0) is 0 Å². The summed E-state index contributed by atoms with van der Waals surface area (Å²) in [4.78, 5) is 0. The molecule has 0 N–H and O–H groups in total. The number of para-hydroxylation sites is 1. The van der Waals surface area contributed by atoms with Crippen molar-refractivity contribution in [2.24, 2.45) is 0 Å². The van der Waals surface area contributed by atoms with Crippen molar-refractivity contribution in [3.8, 4) is 33.4 Å². The van der Waals surface area contributed by atoms with Crippen LogP contribution in [0, 0.1) is 0 Å². The normalized spacial score (nSPS) is 15.3. The van der Waals surface area contributed by atoms with E-state index in [9.17, 15) is 5.48 Å². The maximum absolute atomic E-state index is 9.43. The van der Waals surface area contributed by atoms with E-state index in [-0.39, 0.29) is 27.5 Å². The summed E-state index contributed by atoms with van der Waals surface area (Å²) < 4.78 is 103. The van der Waals surface area contributed by atoms with Crippen molar-refractivity contribution in [1.82, 2.24) is 0 Å². The van der Waals surface area contributed by atoms with Crippen molar-refractivity contribution < 1.29 is 19.5 Å². The number of rotatable bonds is 3. The largest absolute Gasteiger partial charge is 0.456 e. The molecule has 0 radical (unpaired) electrons. The fourth-order valence-electron chi connectivity index (χ4n) is 6.15. The maximum atomic E-state index is 9.43. The SMILES string of the molecule is [2H]c1c([2H])c(-c2c([2H])c([2H])c([2H])c3c([2H])c([2H])c([2H])c([2H])c23)c([2H])c([2H])c1-c1c2ccccc2c(-c2ccc3oc4ccccc4c3c2)c2ccccc12. The summed E-state index contributed by atoms with van der Waals surface area (Å²) in [5.74, 6) is 0. The van der Waals surface area contributed by atoms with Crippen molar-refractivity contribution in [3.05, 3.63) is 157 Å². The predicted octanol–water partition coefficient (Wildman–Crippen LogP) is 12.0. The summed E-state index contributed by atoms with van der Waals surface area (Å²) in [6.45, 7) is 0. The first kappa shape index (κ1) is 15.5. The highest BCUT2D eigenvalue weighted by Crippen LogP contribution is 2.45. The Bertz CT molecular complexity index is 3040. The molecule has 1 heterocycles. The van der Waals surface area contributed by atoms with Crippen molar-refractivity contribution in [2.45, 2.75) is 0 Å². The van der Waals surface area contributed by atoms with Gasteiger partial charge in [0, 0.05) is 10.8 Å². The minimum absolute atomic E-state index is 0.0185.